The Hall–Kier alpha value is -3.33. The molecule has 4 aromatic rings. The maximum atomic E-state index is 12.5. The van der Waals surface area contributed by atoms with Crippen molar-refractivity contribution in [3.05, 3.63) is 83.9 Å². The van der Waals surface area contributed by atoms with Crippen LogP contribution < -0.4 is 4.74 Å². The zero-order chi connectivity index (χ0) is 17.2. The fourth-order valence-corrected chi connectivity index (χ4v) is 2.86. The SMILES string of the molecule is COc1ccc(/C=C/C(=O)c2ccc3oc4ccccc4c3c2)cc1. The van der Waals surface area contributed by atoms with Gasteiger partial charge in [-0.25, -0.2) is 0 Å². The number of carbonyl (C=O) groups excluding carboxylic acids is 1. The van der Waals surface area contributed by atoms with Crippen LogP contribution in [0.5, 0.6) is 5.75 Å². The maximum absolute atomic E-state index is 12.5. The second kappa shape index (κ2) is 6.29. The summed E-state index contributed by atoms with van der Waals surface area (Å²) in [6, 6.07) is 20.9. The summed E-state index contributed by atoms with van der Waals surface area (Å²) in [4.78, 5) is 12.5. The summed E-state index contributed by atoms with van der Waals surface area (Å²) in [5.41, 5.74) is 3.21. The van der Waals surface area contributed by atoms with E-state index >= 15 is 0 Å². The fourth-order valence-electron chi connectivity index (χ4n) is 2.86. The van der Waals surface area contributed by atoms with E-state index in [0.29, 0.717) is 5.56 Å². The number of methoxy groups -OCH3 is 1. The highest BCUT2D eigenvalue weighted by Crippen LogP contribution is 2.29. The molecule has 0 saturated heterocycles. The van der Waals surface area contributed by atoms with Gasteiger partial charge in [0.1, 0.15) is 16.9 Å². The number of benzene rings is 3. The lowest BCUT2D eigenvalue weighted by atomic mass is 10.1. The molecule has 0 bridgehead atoms. The third-order valence-electron chi connectivity index (χ3n) is 4.20. The molecule has 0 aliphatic rings. The lowest BCUT2D eigenvalue weighted by Gasteiger charge is -1.99. The predicted molar refractivity (Wildman–Crippen MR) is 100 cm³/mol. The molecule has 3 heteroatoms. The molecule has 1 aromatic heterocycles. The monoisotopic (exact) mass is 328 g/mol. The molecule has 3 aromatic carbocycles. The lowest BCUT2D eigenvalue weighted by Crippen LogP contribution is -1.93. The van der Waals surface area contributed by atoms with Crippen LogP contribution in [0.3, 0.4) is 0 Å². The van der Waals surface area contributed by atoms with Gasteiger partial charge in [0.25, 0.3) is 0 Å². The molecular formula is C22H16O3. The van der Waals surface area contributed by atoms with Crippen molar-refractivity contribution in [2.45, 2.75) is 0 Å². The first-order valence-corrected chi connectivity index (χ1v) is 8.02. The van der Waals surface area contributed by atoms with E-state index in [0.717, 1.165) is 33.3 Å². The molecule has 0 radical (unpaired) electrons. The van der Waals surface area contributed by atoms with E-state index < -0.39 is 0 Å². The van der Waals surface area contributed by atoms with E-state index in [1.54, 1.807) is 25.3 Å². The zero-order valence-electron chi connectivity index (χ0n) is 13.7. The van der Waals surface area contributed by atoms with Gasteiger partial charge in [0.2, 0.25) is 0 Å². The molecule has 0 aliphatic carbocycles. The molecule has 4 rings (SSSR count). The molecule has 0 amide bonds. The van der Waals surface area contributed by atoms with Gasteiger partial charge in [-0.3, -0.25) is 4.79 Å². The Morgan fingerprint density at radius 2 is 1.68 bits per heavy atom. The summed E-state index contributed by atoms with van der Waals surface area (Å²) < 4.78 is 10.9. The highest BCUT2D eigenvalue weighted by Gasteiger charge is 2.09. The van der Waals surface area contributed by atoms with Crippen molar-refractivity contribution in [3.8, 4) is 5.75 Å². The third-order valence-corrected chi connectivity index (χ3v) is 4.20. The number of ether oxygens (including phenoxy) is 1. The summed E-state index contributed by atoms with van der Waals surface area (Å²) in [5.74, 6) is 0.753. The number of para-hydroxylation sites is 1. The van der Waals surface area contributed by atoms with Crippen LogP contribution in [0.1, 0.15) is 15.9 Å². The van der Waals surface area contributed by atoms with Gasteiger partial charge in [-0.1, -0.05) is 36.4 Å². The van der Waals surface area contributed by atoms with E-state index in [-0.39, 0.29) is 5.78 Å². The largest absolute Gasteiger partial charge is 0.497 e. The highest BCUT2D eigenvalue weighted by molar-refractivity contribution is 6.12. The number of ketones is 1. The number of carbonyl (C=O) groups is 1. The standard InChI is InChI=1S/C22H16O3/c1-24-17-10-6-15(7-11-17)8-12-20(23)16-9-13-22-19(14-16)18-4-2-3-5-21(18)25-22/h2-14H,1H3/b12-8+. The normalized spacial score (nSPS) is 11.4. The molecule has 0 aliphatic heterocycles. The molecule has 0 unspecified atom stereocenters. The molecule has 0 saturated carbocycles. The second-order valence-corrected chi connectivity index (χ2v) is 5.78. The maximum Gasteiger partial charge on any atom is 0.185 e. The Morgan fingerprint density at radius 1 is 0.920 bits per heavy atom. The first-order valence-electron chi connectivity index (χ1n) is 8.02. The van der Waals surface area contributed by atoms with Gasteiger partial charge >= 0.3 is 0 Å². The van der Waals surface area contributed by atoms with Gasteiger partial charge in [0.15, 0.2) is 5.78 Å². The smallest absolute Gasteiger partial charge is 0.185 e. The van der Waals surface area contributed by atoms with Crippen molar-refractivity contribution in [2.24, 2.45) is 0 Å². The minimum Gasteiger partial charge on any atom is -0.497 e. The highest BCUT2D eigenvalue weighted by atomic mass is 16.5. The number of rotatable bonds is 4. The van der Waals surface area contributed by atoms with E-state index in [2.05, 4.69) is 0 Å². The number of fused-ring (bicyclic) bond motifs is 3. The van der Waals surface area contributed by atoms with Gasteiger partial charge in [0.05, 0.1) is 7.11 Å². The van der Waals surface area contributed by atoms with Crippen LogP contribution in [0.15, 0.2) is 77.2 Å². The predicted octanol–water partition coefficient (Wildman–Crippen LogP) is 5.49. The van der Waals surface area contributed by atoms with Crippen molar-refractivity contribution >= 4 is 33.8 Å². The van der Waals surface area contributed by atoms with Crippen LogP contribution in [0.2, 0.25) is 0 Å². The quantitative estimate of drug-likeness (QED) is 0.367. The van der Waals surface area contributed by atoms with Gasteiger partial charge < -0.3 is 9.15 Å². The summed E-state index contributed by atoms with van der Waals surface area (Å²) in [6.45, 7) is 0. The number of hydrogen-bond donors (Lipinski definition) is 0. The fraction of sp³-hybridized carbons (Fsp3) is 0.0455. The molecule has 3 nitrogen and oxygen atoms in total. The van der Waals surface area contributed by atoms with Crippen LogP contribution >= 0.6 is 0 Å². The van der Waals surface area contributed by atoms with Crippen LogP contribution in [0.25, 0.3) is 28.0 Å². The van der Waals surface area contributed by atoms with Crippen LogP contribution in [0.4, 0.5) is 0 Å². The second-order valence-electron chi connectivity index (χ2n) is 5.78. The Bertz CT molecular complexity index is 1090. The molecule has 122 valence electrons. The Kier molecular flexibility index (Phi) is 3.82. The van der Waals surface area contributed by atoms with Crippen molar-refractivity contribution in [1.29, 1.82) is 0 Å². The Morgan fingerprint density at radius 3 is 2.48 bits per heavy atom. The average molecular weight is 328 g/mol. The molecule has 0 spiro atoms. The van der Waals surface area contributed by atoms with Crippen LogP contribution in [-0.2, 0) is 0 Å². The van der Waals surface area contributed by atoms with Crippen molar-refractivity contribution in [2.75, 3.05) is 7.11 Å². The summed E-state index contributed by atoms with van der Waals surface area (Å²) >= 11 is 0. The Labute approximate surface area is 145 Å². The number of furan rings is 1. The van der Waals surface area contributed by atoms with Crippen molar-refractivity contribution < 1.29 is 13.9 Å². The zero-order valence-corrected chi connectivity index (χ0v) is 13.7. The molecule has 0 fully saturated rings. The summed E-state index contributed by atoms with van der Waals surface area (Å²) in [6.07, 6.45) is 3.39. The van der Waals surface area contributed by atoms with E-state index in [1.165, 1.54) is 0 Å². The minimum absolute atomic E-state index is 0.0389. The lowest BCUT2D eigenvalue weighted by molar-refractivity contribution is 0.104. The third kappa shape index (κ3) is 2.92. The molecule has 0 atom stereocenters. The molecular weight excluding hydrogens is 312 g/mol. The van der Waals surface area contributed by atoms with Crippen LogP contribution in [0, 0.1) is 0 Å². The number of allylic oxidation sites excluding steroid dienone is 1. The van der Waals surface area contributed by atoms with Crippen molar-refractivity contribution in [3.63, 3.8) is 0 Å². The van der Waals surface area contributed by atoms with E-state index in [4.69, 9.17) is 9.15 Å². The minimum atomic E-state index is -0.0389. The van der Waals surface area contributed by atoms with E-state index in [9.17, 15) is 4.79 Å². The number of hydrogen-bond acceptors (Lipinski definition) is 3. The topological polar surface area (TPSA) is 39.4 Å². The van der Waals surface area contributed by atoms with Crippen molar-refractivity contribution in [1.82, 2.24) is 0 Å². The first kappa shape index (κ1) is 15.2. The summed E-state index contributed by atoms with van der Waals surface area (Å²) in [5, 5.41) is 1.98. The van der Waals surface area contributed by atoms with Gasteiger partial charge in [-0.05, 0) is 48.0 Å². The van der Waals surface area contributed by atoms with Gasteiger partial charge in [-0.15, -0.1) is 0 Å². The molecule has 0 N–H and O–H groups in total. The van der Waals surface area contributed by atoms with E-state index in [1.807, 2.05) is 60.7 Å². The van der Waals surface area contributed by atoms with Gasteiger partial charge in [-0.2, -0.15) is 0 Å². The Balaban J connectivity index is 1.64. The van der Waals surface area contributed by atoms with Gasteiger partial charge in [0, 0.05) is 16.3 Å². The first-order chi connectivity index (χ1) is 12.2. The average Bonchev–Trinajstić information content (AvgIpc) is 3.04. The van der Waals surface area contributed by atoms with Crippen LogP contribution in [-0.4, -0.2) is 12.9 Å². The molecule has 1 heterocycles. The molecule has 25 heavy (non-hydrogen) atoms. The summed E-state index contributed by atoms with van der Waals surface area (Å²) in [7, 11) is 1.63.